The van der Waals surface area contributed by atoms with Crippen molar-refractivity contribution < 1.29 is 4.79 Å². The number of rotatable bonds is 6. The van der Waals surface area contributed by atoms with Gasteiger partial charge in [-0.25, -0.2) is 0 Å². The summed E-state index contributed by atoms with van der Waals surface area (Å²) in [5, 5.41) is 7.89. The quantitative estimate of drug-likeness (QED) is 0.580. The lowest BCUT2D eigenvalue weighted by Gasteiger charge is -2.12. The molecule has 3 rings (SSSR count). The molecule has 2 aromatic carbocycles. The zero-order valence-electron chi connectivity index (χ0n) is 14.4. The van der Waals surface area contributed by atoms with Gasteiger partial charge in [-0.15, -0.1) is 0 Å². The third kappa shape index (κ3) is 4.21. The molecular weight excluding hydrogens is 334 g/mol. The number of hydrogen-bond donors (Lipinski definition) is 3. The summed E-state index contributed by atoms with van der Waals surface area (Å²) >= 11 is 6.22. The van der Waals surface area contributed by atoms with Crippen molar-refractivity contribution in [2.45, 2.75) is 20.3 Å². The minimum Gasteiger partial charge on any atom is -0.361 e. The number of carbonyl (C=O) groups is 1. The zero-order chi connectivity index (χ0) is 17.8. The SMILES string of the molecule is Cc1cc(C)c(NC(=O)CNCCc2c[nH]c3ccccc23)c(Cl)c1. The van der Waals surface area contributed by atoms with Gasteiger partial charge in [0.1, 0.15) is 0 Å². The van der Waals surface area contributed by atoms with Crippen LogP contribution in [0.5, 0.6) is 0 Å². The molecule has 0 aliphatic rings. The first kappa shape index (κ1) is 17.5. The van der Waals surface area contributed by atoms with Gasteiger partial charge < -0.3 is 15.6 Å². The molecule has 3 N–H and O–H groups in total. The summed E-state index contributed by atoms with van der Waals surface area (Å²) in [5.41, 5.74) is 5.13. The van der Waals surface area contributed by atoms with Gasteiger partial charge in [0.15, 0.2) is 0 Å². The molecule has 5 heteroatoms. The van der Waals surface area contributed by atoms with Crippen molar-refractivity contribution in [3.8, 4) is 0 Å². The third-order valence-electron chi connectivity index (χ3n) is 4.23. The average Bonchev–Trinajstić information content (AvgIpc) is 2.98. The second-order valence-corrected chi connectivity index (χ2v) is 6.68. The predicted molar refractivity (Wildman–Crippen MR) is 104 cm³/mol. The maximum atomic E-state index is 12.1. The minimum atomic E-state index is -0.0900. The molecule has 130 valence electrons. The maximum Gasteiger partial charge on any atom is 0.238 e. The number of H-pyrrole nitrogens is 1. The van der Waals surface area contributed by atoms with Gasteiger partial charge in [-0.3, -0.25) is 4.79 Å². The maximum absolute atomic E-state index is 12.1. The van der Waals surface area contributed by atoms with E-state index in [1.807, 2.05) is 44.3 Å². The lowest BCUT2D eigenvalue weighted by atomic mass is 10.1. The number of nitrogens with one attached hydrogen (secondary N) is 3. The van der Waals surface area contributed by atoms with Crippen LogP contribution in [0.3, 0.4) is 0 Å². The number of para-hydroxylation sites is 1. The molecule has 1 heterocycles. The fraction of sp³-hybridized carbons (Fsp3) is 0.250. The lowest BCUT2D eigenvalue weighted by molar-refractivity contribution is -0.115. The van der Waals surface area contributed by atoms with Crippen molar-refractivity contribution in [2.75, 3.05) is 18.4 Å². The summed E-state index contributed by atoms with van der Waals surface area (Å²) in [6, 6.07) is 12.1. The average molecular weight is 356 g/mol. The number of amides is 1. The van der Waals surface area contributed by atoms with Crippen molar-refractivity contribution in [1.29, 1.82) is 0 Å². The summed E-state index contributed by atoms with van der Waals surface area (Å²) < 4.78 is 0. The van der Waals surface area contributed by atoms with Crippen LogP contribution in [0.4, 0.5) is 5.69 Å². The number of hydrogen-bond acceptors (Lipinski definition) is 2. The molecule has 0 atom stereocenters. The molecule has 0 aliphatic carbocycles. The smallest absolute Gasteiger partial charge is 0.238 e. The van der Waals surface area contributed by atoms with Gasteiger partial charge in [-0.2, -0.15) is 0 Å². The van der Waals surface area contributed by atoms with Crippen LogP contribution in [0.15, 0.2) is 42.6 Å². The predicted octanol–water partition coefficient (Wildman–Crippen LogP) is 4.21. The fourth-order valence-corrected chi connectivity index (χ4v) is 3.39. The van der Waals surface area contributed by atoms with Gasteiger partial charge in [0.05, 0.1) is 17.3 Å². The van der Waals surface area contributed by atoms with E-state index in [0.717, 1.165) is 29.6 Å². The number of carbonyl (C=O) groups excluding carboxylic acids is 1. The van der Waals surface area contributed by atoms with Crippen molar-refractivity contribution in [1.82, 2.24) is 10.3 Å². The van der Waals surface area contributed by atoms with Gasteiger partial charge in [0, 0.05) is 17.1 Å². The Morgan fingerprint density at radius 1 is 1.20 bits per heavy atom. The van der Waals surface area contributed by atoms with E-state index in [-0.39, 0.29) is 12.5 Å². The minimum absolute atomic E-state index is 0.0900. The van der Waals surface area contributed by atoms with Crippen LogP contribution in [0, 0.1) is 13.8 Å². The van der Waals surface area contributed by atoms with E-state index >= 15 is 0 Å². The van der Waals surface area contributed by atoms with E-state index in [4.69, 9.17) is 11.6 Å². The molecule has 0 spiro atoms. The number of anilines is 1. The third-order valence-corrected chi connectivity index (χ3v) is 4.53. The number of fused-ring (bicyclic) bond motifs is 1. The lowest BCUT2D eigenvalue weighted by Crippen LogP contribution is -2.29. The van der Waals surface area contributed by atoms with Gasteiger partial charge in [-0.1, -0.05) is 35.9 Å². The van der Waals surface area contributed by atoms with Crippen LogP contribution < -0.4 is 10.6 Å². The second kappa shape index (κ2) is 7.72. The molecule has 0 radical (unpaired) electrons. The van der Waals surface area contributed by atoms with E-state index in [0.29, 0.717) is 10.7 Å². The largest absolute Gasteiger partial charge is 0.361 e. The van der Waals surface area contributed by atoms with Gasteiger partial charge in [0.2, 0.25) is 5.91 Å². The summed E-state index contributed by atoms with van der Waals surface area (Å²) in [4.78, 5) is 15.4. The summed E-state index contributed by atoms with van der Waals surface area (Å²) in [7, 11) is 0. The number of benzene rings is 2. The Kier molecular flexibility index (Phi) is 5.41. The standard InChI is InChI=1S/C20H22ClN3O/c1-13-9-14(2)20(17(21)10-13)24-19(25)12-22-8-7-15-11-23-18-6-4-3-5-16(15)18/h3-6,9-11,22-23H,7-8,12H2,1-2H3,(H,24,25). The molecule has 1 aromatic heterocycles. The Bertz CT molecular complexity index is 878. The second-order valence-electron chi connectivity index (χ2n) is 6.27. The Hall–Kier alpha value is -2.30. The number of aromatic amines is 1. The van der Waals surface area contributed by atoms with Crippen molar-refractivity contribution in [3.05, 3.63) is 64.3 Å². The summed E-state index contributed by atoms with van der Waals surface area (Å²) in [5.74, 6) is -0.0900. The molecule has 4 nitrogen and oxygen atoms in total. The summed E-state index contributed by atoms with van der Waals surface area (Å²) in [6.45, 7) is 4.91. The van der Waals surface area contributed by atoms with Crippen LogP contribution in [0.1, 0.15) is 16.7 Å². The molecule has 0 saturated carbocycles. The van der Waals surface area contributed by atoms with E-state index in [2.05, 4.69) is 27.8 Å². The molecule has 0 aliphatic heterocycles. The van der Waals surface area contributed by atoms with E-state index < -0.39 is 0 Å². The molecule has 0 fully saturated rings. The van der Waals surface area contributed by atoms with E-state index in [9.17, 15) is 4.79 Å². The number of aryl methyl sites for hydroxylation is 2. The normalized spacial score (nSPS) is 11.0. The zero-order valence-corrected chi connectivity index (χ0v) is 15.2. The Morgan fingerprint density at radius 3 is 2.80 bits per heavy atom. The van der Waals surface area contributed by atoms with Crippen molar-refractivity contribution in [2.24, 2.45) is 0 Å². The van der Waals surface area contributed by atoms with Crippen LogP contribution in [-0.4, -0.2) is 24.0 Å². The van der Waals surface area contributed by atoms with Crippen molar-refractivity contribution in [3.63, 3.8) is 0 Å². The molecule has 1 amide bonds. The van der Waals surface area contributed by atoms with Gasteiger partial charge in [-0.05, 0) is 55.6 Å². The van der Waals surface area contributed by atoms with Gasteiger partial charge >= 0.3 is 0 Å². The topological polar surface area (TPSA) is 56.9 Å². The molecule has 3 aromatic rings. The highest BCUT2D eigenvalue weighted by Crippen LogP contribution is 2.27. The molecule has 0 bridgehead atoms. The highest BCUT2D eigenvalue weighted by atomic mass is 35.5. The fourth-order valence-electron chi connectivity index (χ4n) is 3.02. The van der Waals surface area contributed by atoms with Gasteiger partial charge in [0.25, 0.3) is 0 Å². The van der Waals surface area contributed by atoms with Crippen LogP contribution >= 0.6 is 11.6 Å². The Balaban J connectivity index is 1.50. The monoisotopic (exact) mass is 355 g/mol. The molecule has 25 heavy (non-hydrogen) atoms. The van der Waals surface area contributed by atoms with Crippen LogP contribution in [0.25, 0.3) is 10.9 Å². The number of aromatic nitrogens is 1. The van der Waals surface area contributed by atoms with Crippen molar-refractivity contribution >= 4 is 34.1 Å². The van der Waals surface area contributed by atoms with Crippen LogP contribution in [-0.2, 0) is 11.2 Å². The Labute approximate surface area is 152 Å². The first-order valence-corrected chi connectivity index (χ1v) is 8.74. The first-order valence-electron chi connectivity index (χ1n) is 8.37. The highest BCUT2D eigenvalue weighted by Gasteiger charge is 2.09. The van der Waals surface area contributed by atoms with E-state index in [1.165, 1.54) is 10.9 Å². The molecule has 0 saturated heterocycles. The highest BCUT2D eigenvalue weighted by molar-refractivity contribution is 6.34. The van der Waals surface area contributed by atoms with Crippen LogP contribution in [0.2, 0.25) is 5.02 Å². The van der Waals surface area contributed by atoms with E-state index in [1.54, 1.807) is 0 Å². The summed E-state index contributed by atoms with van der Waals surface area (Å²) in [6.07, 6.45) is 2.89. The number of halogens is 1. The molecular formula is C20H22ClN3O. The molecule has 0 unspecified atom stereocenters. The Morgan fingerprint density at radius 2 is 2.00 bits per heavy atom. The first-order chi connectivity index (χ1) is 12.0.